The van der Waals surface area contributed by atoms with Gasteiger partial charge in [0.05, 0.1) is 12.3 Å². The van der Waals surface area contributed by atoms with Gasteiger partial charge >= 0.3 is 6.18 Å². The summed E-state index contributed by atoms with van der Waals surface area (Å²) in [6, 6.07) is 15.6. The molecule has 0 unspecified atom stereocenters. The van der Waals surface area contributed by atoms with Crippen LogP contribution < -0.4 is 15.4 Å². The molecule has 2 heterocycles. The van der Waals surface area contributed by atoms with Crippen molar-refractivity contribution in [3.8, 4) is 11.4 Å². The summed E-state index contributed by atoms with van der Waals surface area (Å²) in [6.07, 6.45) is -0.309. The van der Waals surface area contributed by atoms with Gasteiger partial charge in [-0.3, -0.25) is 0 Å². The quantitative estimate of drug-likeness (QED) is 0.515. The lowest BCUT2D eigenvalue weighted by atomic mass is 9.92. The molecule has 1 saturated heterocycles. The number of tetrazole rings is 1. The van der Waals surface area contributed by atoms with E-state index in [2.05, 4.69) is 38.3 Å². The Bertz CT molecular complexity index is 1100. The minimum atomic E-state index is -4.65. The number of aromatic nitrogens is 4. The minimum Gasteiger partial charge on any atom is -0.493 e. The predicted molar refractivity (Wildman–Crippen MR) is 119 cm³/mol. The fourth-order valence-electron chi connectivity index (χ4n) is 4.37. The molecule has 10 heteroatoms. The Morgan fingerprint density at radius 3 is 2.68 bits per heavy atom. The van der Waals surface area contributed by atoms with Gasteiger partial charge in [-0.1, -0.05) is 30.3 Å². The fraction of sp³-hybridized carbons (Fsp3) is 0.458. The van der Waals surface area contributed by atoms with E-state index in [4.69, 9.17) is 4.74 Å². The Balaban J connectivity index is 1.39. The predicted octanol–water partition coefficient (Wildman–Crippen LogP) is 4.05. The van der Waals surface area contributed by atoms with Gasteiger partial charge in [0, 0.05) is 24.2 Å². The van der Waals surface area contributed by atoms with Gasteiger partial charge in [0.2, 0.25) is 0 Å². The second kappa shape index (κ2) is 9.71. The number of nitrogens with one attached hydrogen (secondary N) is 2. The van der Waals surface area contributed by atoms with Gasteiger partial charge in [-0.15, -0.1) is 5.10 Å². The third-order valence-electron chi connectivity index (χ3n) is 6.36. The first-order valence-corrected chi connectivity index (χ1v) is 11.6. The van der Waals surface area contributed by atoms with Crippen molar-refractivity contribution in [1.82, 2.24) is 30.8 Å². The Labute approximate surface area is 195 Å². The summed E-state index contributed by atoms with van der Waals surface area (Å²) in [4.78, 5) is 0. The summed E-state index contributed by atoms with van der Waals surface area (Å²) in [6.45, 7) is 2.01. The highest BCUT2D eigenvalue weighted by Crippen LogP contribution is 2.33. The summed E-state index contributed by atoms with van der Waals surface area (Å²) in [7, 11) is 0. The van der Waals surface area contributed by atoms with E-state index in [1.54, 1.807) is 18.2 Å². The number of piperidine rings is 1. The van der Waals surface area contributed by atoms with E-state index in [0.29, 0.717) is 24.8 Å². The normalized spacial score (nSPS) is 20.9. The third kappa shape index (κ3) is 5.23. The van der Waals surface area contributed by atoms with Gasteiger partial charge in [0.1, 0.15) is 5.75 Å². The molecule has 1 aliphatic heterocycles. The maximum atomic E-state index is 13.4. The molecule has 2 N–H and O–H groups in total. The number of ether oxygens (including phenoxy) is 1. The average molecular weight is 473 g/mol. The lowest BCUT2D eigenvalue weighted by Crippen LogP contribution is -2.45. The topological polar surface area (TPSA) is 76.9 Å². The highest BCUT2D eigenvalue weighted by Gasteiger charge is 2.38. The lowest BCUT2D eigenvalue weighted by Gasteiger charge is -2.34. The first-order valence-electron chi connectivity index (χ1n) is 11.6. The van der Waals surface area contributed by atoms with Gasteiger partial charge in [-0.05, 0) is 72.3 Å². The molecule has 0 spiro atoms. The molecular weight excluding hydrogens is 445 g/mol. The molecule has 3 aromatic rings. The standard InChI is InChI=1S/C24H27F3N6O/c25-24(26,27)23-30-31-32-33(23)19-10-11-21(34-15-16-8-9-16)18(13-19)14-29-20-7-4-12-28-22(20)17-5-2-1-3-6-17/h1-3,5-6,10-11,13,16,20,22,28-29H,4,7-9,12,14-15H2/t20-,22-/m0/s1. The molecule has 2 fully saturated rings. The van der Waals surface area contributed by atoms with Crippen LogP contribution in [0.3, 0.4) is 0 Å². The monoisotopic (exact) mass is 472 g/mol. The van der Waals surface area contributed by atoms with E-state index in [1.807, 2.05) is 18.2 Å². The number of nitrogens with zero attached hydrogens (tertiary/aromatic N) is 4. The van der Waals surface area contributed by atoms with Crippen LogP contribution in [0.15, 0.2) is 48.5 Å². The molecule has 0 amide bonds. The molecule has 2 atom stereocenters. The van der Waals surface area contributed by atoms with Gasteiger partial charge in [-0.2, -0.15) is 17.9 Å². The van der Waals surface area contributed by atoms with Crippen molar-refractivity contribution in [2.45, 2.75) is 50.5 Å². The molecule has 1 saturated carbocycles. The SMILES string of the molecule is FC(F)(F)c1nnnn1-c1ccc(OCC2CC2)c(CN[C@H]2CCCN[C@H]2c2ccccc2)c1. The smallest absolute Gasteiger partial charge is 0.453 e. The van der Waals surface area contributed by atoms with E-state index in [0.717, 1.165) is 42.5 Å². The lowest BCUT2D eigenvalue weighted by molar-refractivity contribution is -0.146. The Morgan fingerprint density at radius 2 is 1.91 bits per heavy atom. The van der Waals surface area contributed by atoms with Crippen molar-refractivity contribution in [2.75, 3.05) is 13.2 Å². The van der Waals surface area contributed by atoms with Crippen molar-refractivity contribution in [2.24, 2.45) is 5.92 Å². The highest BCUT2D eigenvalue weighted by atomic mass is 19.4. The van der Waals surface area contributed by atoms with Crippen LogP contribution in [-0.4, -0.2) is 39.4 Å². The van der Waals surface area contributed by atoms with E-state index in [9.17, 15) is 13.2 Å². The highest BCUT2D eigenvalue weighted by molar-refractivity contribution is 5.44. The number of alkyl halides is 3. The van der Waals surface area contributed by atoms with Crippen LogP contribution >= 0.6 is 0 Å². The van der Waals surface area contributed by atoms with Crippen molar-refractivity contribution in [3.05, 3.63) is 65.5 Å². The molecule has 1 aromatic heterocycles. The molecule has 34 heavy (non-hydrogen) atoms. The molecule has 180 valence electrons. The third-order valence-corrected chi connectivity index (χ3v) is 6.36. The molecule has 0 bridgehead atoms. The van der Waals surface area contributed by atoms with Crippen molar-refractivity contribution in [1.29, 1.82) is 0 Å². The number of benzene rings is 2. The summed E-state index contributed by atoms with van der Waals surface area (Å²) in [5.74, 6) is 0.0744. The summed E-state index contributed by atoms with van der Waals surface area (Å²) >= 11 is 0. The van der Waals surface area contributed by atoms with Crippen LogP contribution in [0.2, 0.25) is 0 Å². The van der Waals surface area contributed by atoms with Crippen LogP contribution in [-0.2, 0) is 12.7 Å². The Hall–Kier alpha value is -2.98. The average Bonchev–Trinajstić information content (AvgIpc) is 3.54. The summed E-state index contributed by atoms with van der Waals surface area (Å²) in [5.41, 5.74) is 2.23. The van der Waals surface area contributed by atoms with Gasteiger partial charge < -0.3 is 15.4 Å². The van der Waals surface area contributed by atoms with Crippen LogP contribution in [0.1, 0.15) is 48.7 Å². The molecule has 1 aliphatic carbocycles. The largest absolute Gasteiger partial charge is 0.493 e. The van der Waals surface area contributed by atoms with E-state index in [1.165, 1.54) is 5.56 Å². The Kier molecular flexibility index (Phi) is 6.51. The van der Waals surface area contributed by atoms with Crippen LogP contribution in [0, 0.1) is 5.92 Å². The van der Waals surface area contributed by atoms with E-state index in [-0.39, 0.29) is 17.8 Å². The van der Waals surface area contributed by atoms with E-state index >= 15 is 0 Å². The van der Waals surface area contributed by atoms with Crippen molar-refractivity contribution < 1.29 is 17.9 Å². The molecular formula is C24H27F3N6O. The first-order chi connectivity index (χ1) is 16.5. The molecule has 0 radical (unpaired) electrons. The summed E-state index contributed by atoms with van der Waals surface area (Å²) < 4.78 is 46.8. The first kappa shape index (κ1) is 22.8. The maximum absolute atomic E-state index is 13.4. The van der Waals surface area contributed by atoms with Crippen molar-refractivity contribution >= 4 is 0 Å². The molecule has 5 rings (SSSR count). The fourth-order valence-corrected chi connectivity index (χ4v) is 4.37. The number of hydrogen-bond acceptors (Lipinski definition) is 6. The second-order valence-corrected chi connectivity index (χ2v) is 8.93. The van der Waals surface area contributed by atoms with Crippen LogP contribution in [0.4, 0.5) is 13.2 Å². The second-order valence-electron chi connectivity index (χ2n) is 8.93. The van der Waals surface area contributed by atoms with Gasteiger partial charge in [-0.25, -0.2) is 0 Å². The maximum Gasteiger partial charge on any atom is 0.453 e. The molecule has 7 nitrogen and oxygen atoms in total. The molecule has 2 aliphatic rings. The Morgan fingerprint density at radius 1 is 1.09 bits per heavy atom. The summed E-state index contributed by atoms with van der Waals surface area (Å²) in [5, 5.41) is 17.2. The molecule has 2 aromatic carbocycles. The zero-order valence-corrected chi connectivity index (χ0v) is 18.6. The number of halogens is 3. The number of hydrogen-bond donors (Lipinski definition) is 2. The van der Waals surface area contributed by atoms with Crippen LogP contribution in [0.25, 0.3) is 5.69 Å². The van der Waals surface area contributed by atoms with Crippen LogP contribution in [0.5, 0.6) is 5.75 Å². The van der Waals surface area contributed by atoms with E-state index < -0.39 is 12.0 Å². The van der Waals surface area contributed by atoms with Gasteiger partial charge in [0.25, 0.3) is 5.82 Å². The zero-order valence-electron chi connectivity index (χ0n) is 18.6. The number of rotatable bonds is 8. The van der Waals surface area contributed by atoms with Gasteiger partial charge in [0.15, 0.2) is 0 Å². The van der Waals surface area contributed by atoms with Crippen molar-refractivity contribution in [3.63, 3.8) is 0 Å². The zero-order chi connectivity index (χ0) is 23.5. The minimum absolute atomic E-state index is 0.158.